The van der Waals surface area contributed by atoms with Gasteiger partial charge in [-0.25, -0.2) is 0 Å². The smallest absolute Gasteiger partial charge is 0.244 e. The molecule has 0 aliphatic rings. The highest BCUT2D eigenvalue weighted by molar-refractivity contribution is 6.30. The van der Waals surface area contributed by atoms with Crippen LogP contribution in [0.25, 0.3) is 0 Å². The average molecular weight is 307 g/mol. The maximum atomic E-state index is 11.7. The summed E-state index contributed by atoms with van der Waals surface area (Å²) < 4.78 is 5.03. The number of phenols is 1. The topological polar surface area (TPSA) is 84.6 Å². The molecule has 0 aliphatic carbocycles. The van der Waals surface area contributed by atoms with E-state index in [-0.39, 0.29) is 11.5 Å². The summed E-state index contributed by atoms with van der Waals surface area (Å²) in [4.78, 5) is 11.7. The molecule has 21 heavy (non-hydrogen) atoms. The maximum Gasteiger partial charge on any atom is 0.244 e. The van der Waals surface area contributed by atoms with Gasteiger partial charge >= 0.3 is 0 Å². The van der Waals surface area contributed by atoms with Crippen LogP contribution >= 0.6 is 11.6 Å². The van der Waals surface area contributed by atoms with Gasteiger partial charge in [0, 0.05) is 10.7 Å². The molecule has 0 spiro atoms. The number of anilines is 1. The van der Waals surface area contributed by atoms with E-state index in [0.717, 1.165) is 0 Å². The normalized spacial score (nSPS) is 11.7. The molecule has 0 aromatic heterocycles. The number of methoxy groups -OCH3 is 1. The largest absolute Gasteiger partial charge is 0.504 e. The second-order valence-electron chi connectivity index (χ2n) is 4.42. The zero-order valence-electron chi connectivity index (χ0n) is 11.3. The van der Waals surface area contributed by atoms with Gasteiger partial charge in [-0.1, -0.05) is 17.7 Å². The monoisotopic (exact) mass is 306 g/mol. The number of carbonyl (C=O) groups excluding carboxylic acids is 1. The summed E-state index contributed by atoms with van der Waals surface area (Å²) in [6, 6.07) is 10.8. The molecule has 0 aliphatic heterocycles. The lowest BCUT2D eigenvalue weighted by molar-refractivity contribution is -0.118. The highest BCUT2D eigenvalue weighted by Gasteiger charge is 2.19. The van der Waals surface area contributed by atoms with E-state index in [1.807, 2.05) is 0 Å². The number of benzene rings is 2. The SMILES string of the molecule is COc1cc(C(Nc2ccc(Cl)cc2)C(N)=O)ccc1O. The number of nitrogens with one attached hydrogen (secondary N) is 1. The van der Waals surface area contributed by atoms with E-state index in [4.69, 9.17) is 22.1 Å². The molecule has 1 unspecified atom stereocenters. The number of amides is 1. The molecule has 6 heteroatoms. The zero-order chi connectivity index (χ0) is 15.4. The van der Waals surface area contributed by atoms with Crippen molar-refractivity contribution in [3.8, 4) is 11.5 Å². The van der Waals surface area contributed by atoms with E-state index in [0.29, 0.717) is 16.3 Å². The van der Waals surface area contributed by atoms with Crippen molar-refractivity contribution < 1.29 is 14.6 Å². The molecule has 0 saturated carbocycles. The Morgan fingerprint density at radius 2 is 1.95 bits per heavy atom. The van der Waals surface area contributed by atoms with Crippen LogP contribution in [0.1, 0.15) is 11.6 Å². The van der Waals surface area contributed by atoms with Gasteiger partial charge in [0.05, 0.1) is 7.11 Å². The van der Waals surface area contributed by atoms with Crippen LogP contribution in [0, 0.1) is 0 Å². The van der Waals surface area contributed by atoms with Crippen molar-refractivity contribution in [1.82, 2.24) is 0 Å². The number of halogens is 1. The van der Waals surface area contributed by atoms with Gasteiger partial charge in [-0.3, -0.25) is 4.79 Å². The molecule has 110 valence electrons. The molecule has 1 amide bonds. The lowest BCUT2D eigenvalue weighted by Crippen LogP contribution is -2.27. The van der Waals surface area contributed by atoms with Crippen molar-refractivity contribution in [2.75, 3.05) is 12.4 Å². The average Bonchev–Trinajstić information content (AvgIpc) is 2.47. The third kappa shape index (κ3) is 3.58. The number of nitrogens with two attached hydrogens (primary N) is 1. The number of aromatic hydroxyl groups is 1. The van der Waals surface area contributed by atoms with E-state index in [9.17, 15) is 9.90 Å². The second kappa shape index (κ2) is 6.37. The van der Waals surface area contributed by atoms with Crippen LogP contribution in [0.4, 0.5) is 5.69 Å². The fraction of sp³-hybridized carbons (Fsp3) is 0.133. The van der Waals surface area contributed by atoms with Crippen LogP contribution in [0.5, 0.6) is 11.5 Å². The Morgan fingerprint density at radius 1 is 1.29 bits per heavy atom. The van der Waals surface area contributed by atoms with Crippen molar-refractivity contribution in [2.24, 2.45) is 5.73 Å². The molecule has 0 bridgehead atoms. The molecule has 5 nitrogen and oxygen atoms in total. The molecule has 0 saturated heterocycles. The number of primary amides is 1. The fourth-order valence-corrected chi connectivity index (χ4v) is 2.03. The second-order valence-corrected chi connectivity index (χ2v) is 4.85. The van der Waals surface area contributed by atoms with Gasteiger partial charge in [0.25, 0.3) is 0 Å². The highest BCUT2D eigenvalue weighted by Crippen LogP contribution is 2.30. The first-order valence-electron chi connectivity index (χ1n) is 6.19. The van der Waals surface area contributed by atoms with Gasteiger partial charge in [-0.05, 0) is 42.0 Å². The minimum absolute atomic E-state index is 0.00374. The van der Waals surface area contributed by atoms with Crippen LogP contribution in [0.15, 0.2) is 42.5 Å². The number of ether oxygens (including phenoxy) is 1. The molecule has 0 fully saturated rings. The summed E-state index contributed by atoms with van der Waals surface area (Å²) in [6.45, 7) is 0. The van der Waals surface area contributed by atoms with Crippen LogP contribution in [-0.2, 0) is 4.79 Å². The van der Waals surface area contributed by atoms with Gasteiger partial charge in [0.15, 0.2) is 11.5 Å². The molecule has 2 aromatic carbocycles. The van der Waals surface area contributed by atoms with Gasteiger partial charge in [-0.15, -0.1) is 0 Å². The first-order valence-corrected chi connectivity index (χ1v) is 6.57. The highest BCUT2D eigenvalue weighted by atomic mass is 35.5. The number of hydrogen-bond donors (Lipinski definition) is 3. The molecule has 2 aromatic rings. The molecular formula is C15H15ClN2O3. The lowest BCUT2D eigenvalue weighted by atomic mass is 10.1. The Morgan fingerprint density at radius 3 is 2.52 bits per heavy atom. The number of phenolic OH excluding ortho intramolecular Hbond substituents is 1. The van der Waals surface area contributed by atoms with Crippen LogP contribution in [-0.4, -0.2) is 18.1 Å². The predicted molar refractivity (Wildman–Crippen MR) is 81.7 cm³/mol. The van der Waals surface area contributed by atoms with Crippen LogP contribution in [0.2, 0.25) is 5.02 Å². The Kier molecular flexibility index (Phi) is 4.55. The lowest BCUT2D eigenvalue weighted by Gasteiger charge is -2.18. The number of hydrogen-bond acceptors (Lipinski definition) is 4. The number of carbonyl (C=O) groups is 1. The molecule has 4 N–H and O–H groups in total. The Labute approximate surface area is 127 Å². The first-order chi connectivity index (χ1) is 10.0. The van der Waals surface area contributed by atoms with Gasteiger partial charge in [-0.2, -0.15) is 0 Å². The first kappa shape index (κ1) is 15.0. The van der Waals surface area contributed by atoms with Crippen molar-refractivity contribution >= 4 is 23.2 Å². The standard InChI is InChI=1S/C15H15ClN2O3/c1-21-13-8-9(2-7-12(13)19)14(15(17)20)18-11-5-3-10(16)4-6-11/h2-8,14,18-19H,1H3,(H2,17,20). The summed E-state index contributed by atoms with van der Waals surface area (Å²) in [7, 11) is 1.44. The number of rotatable bonds is 5. The van der Waals surface area contributed by atoms with Crippen molar-refractivity contribution in [3.05, 3.63) is 53.1 Å². The molecular weight excluding hydrogens is 292 g/mol. The summed E-state index contributed by atoms with van der Waals surface area (Å²) in [5, 5.41) is 13.2. The van der Waals surface area contributed by atoms with Crippen LogP contribution in [0.3, 0.4) is 0 Å². The van der Waals surface area contributed by atoms with Gasteiger partial charge in [0.2, 0.25) is 5.91 Å². The van der Waals surface area contributed by atoms with Gasteiger partial charge in [0.1, 0.15) is 6.04 Å². The third-order valence-corrected chi connectivity index (χ3v) is 3.23. The summed E-state index contributed by atoms with van der Waals surface area (Å²) >= 11 is 5.82. The summed E-state index contributed by atoms with van der Waals surface area (Å²) in [5.41, 5.74) is 6.74. The Balaban J connectivity index is 2.30. The van der Waals surface area contributed by atoms with E-state index in [1.165, 1.54) is 13.2 Å². The minimum Gasteiger partial charge on any atom is -0.504 e. The van der Waals surface area contributed by atoms with E-state index in [1.54, 1.807) is 36.4 Å². The van der Waals surface area contributed by atoms with Gasteiger partial charge < -0.3 is 20.9 Å². The minimum atomic E-state index is -0.749. The molecule has 0 heterocycles. The molecule has 1 atom stereocenters. The van der Waals surface area contributed by atoms with E-state index in [2.05, 4.69) is 5.32 Å². The van der Waals surface area contributed by atoms with Crippen molar-refractivity contribution in [2.45, 2.75) is 6.04 Å². The molecule has 2 rings (SSSR count). The van der Waals surface area contributed by atoms with Crippen LogP contribution < -0.4 is 15.8 Å². The van der Waals surface area contributed by atoms with E-state index >= 15 is 0 Å². The molecule has 0 radical (unpaired) electrons. The third-order valence-electron chi connectivity index (χ3n) is 2.98. The Bertz CT molecular complexity index is 644. The van der Waals surface area contributed by atoms with Crippen molar-refractivity contribution in [1.29, 1.82) is 0 Å². The predicted octanol–water partition coefficient (Wildman–Crippen LogP) is 2.69. The van der Waals surface area contributed by atoms with Crippen molar-refractivity contribution in [3.63, 3.8) is 0 Å². The summed E-state index contributed by atoms with van der Waals surface area (Å²) in [6.07, 6.45) is 0. The van der Waals surface area contributed by atoms with E-state index < -0.39 is 11.9 Å². The fourth-order valence-electron chi connectivity index (χ4n) is 1.91. The Hall–Kier alpha value is -2.40. The summed E-state index contributed by atoms with van der Waals surface area (Å²) in [5.74, 6) is -0.273. The quantitative estimate of drug-likeness (QED) is 0.793. The zero-order valence-corrected chi connectivity index (χ0v) is 12.1. The maximum absolute atomic E-state index is 11.7.